The molecule has 0 spiro atoms. The second-order valence-electron chi connectivity index (χ2n) is 15.6. The molecule has 0 rings (SSSR count). The average Bonchev–Trinajstić information content (AvgIpc) is 3.16. The number of unbranched alkanes of at least 4 members (excludes halogenated alkanes) is 27. The summed E-state index contributed by atoms with van der Waals surface area (Å²) in [7, 11) is 0. The van der Waals surface area contributed by atoms with Crippen molar-refractivity contribution in [2.45, 2.75) is 244 Å². The van der Waals surface area contributed by atoms with Crippen molar-refractivity contribution < 1.29 is 20.1 Å². The number of carbonyl (C=O) groups excluding carboxylic acids is 1. The zero-order chi connectivity index (χ0) is 38.7. The molecule has 0 saturated carbocycles. The molecule has 0 heterocycles. The van der Waals surface area contributed by atoms with Crippen molar-refractivity contribution in [1.82, 2.24) is 5.32 Å². The Bertz CT molecular complexity index is 866. The zero-order valence-corrected chi connectivity index (χ0v) is 35.1. The van der Waals surface area contributed by atoms with Crippen molar-refractivity contribution >= 4 is 5.91 Å². The summed E-state index contributed by atoms with van der Waals surface area (Å²) < 4.78 is 0. The third-order valence-electron chi connectivity index (χ3n) is 10.4. The molecule has 5 heteroatoms. The Labute approximate surface area is 329 Å². The Morgan fingerprint density at radius 1 is 0.472 bits per heavy atom. The maximum absolute atomic E-state index is 12.5. The molecule has 0 aliphatic rings. The van der Waals surface area contributed by atoms with Crippen molar-refractivity contribution in [2.24, 2.45) is 0 Å². The molecule has 4 N–H and O–H groups in total. The highest BCUT2D eigenvalue weighted by molar-refractivity contribution is 5.80. The molecule has 0 aromatic heterocycles. The minimum Gasteiger partial charge on any atom is -0.394 e. The summed E-state index contributed by atoms with van der Waals surface area (Å²) in [5.41, 5.74) is 0. The normalized spacial score (nSPS) is 14.0. The Hall–Kier alpha value is -1.69. The van der Waals surface area contributed by atoms with E-state index in [0.717, 1.165) is 44.9 Å². The van der Waals surface area contributed by atoms with E-state index in [9.17, 15) is 20.1 Å². The summed E-state index contributed by atoms with van der Waals surface area (Å²) in [6, 6.07) is -0.816. The Morgan fingerprint density at radius 2 is 0.830 bits per heavy atom. The van der Waals surface area contributed by atoms with Crippen LogP contribution in [0.1, 0.15) is 226 Å². The molecule has 3 unspecified atom stereocenters. The van der Waals surface area contributed by atoms with E-state index in [1.165, 1.54) is 161 Å². The van der Waals surface area contributed by atoms with Crippen LogP contribution in [-0.4, -0.2) is 46.1 Å². The first-order valence-electron chi connectivity index (χ1n) is 23.0. The van der Waals surface area contributed by atoms with E-state index in [0.29, 0.717) is 6.42 Å². The zero-order valence-electron chi connectivity index (χ0n) is 35.1. The molecule has 0 fully saturated rings. The third kappa shape index (κ3) is 38.4. The highest BCUT2D eigenvalue weighted by Gasteiger charge is 2.22. The van der Waals surface area contributed by atoms with Gasteiger partial charge in [0.2, 0.25) is 5.91 Å². The van der Waals surface area contributed by atoms with Crippen LogP contribution in [0.25, 0.3) is 0 Å². The van der Waals surface area contributed by atoms with E-state index in [2.05, 4.69) is 55.6 Å². The van der Waals surface area contributed by atoms with Crippen molar-refractivity contribution in [3.8, 4) is 0 Å². The minimum absolute atomic E-state index is 0.378. The van der Waals surface area contributed by atoms with Crippen LogP contribution in [0, 0.1) is 0 Å². The standard InChI is InChI=1S/C48H89NO4/c1-3-5-7-9-11-13-15-17-18-19-20-21-22-23-24-25-26-27-28-29-31-33-35-37-39-41-43-47(52)48(53)49-45(44-50)46(51)42-40-38-36-34-32-30-16-14-12-10-8-6-4-2/h20-21,23-24,32,34,40,42,45-47,50-52H,3-19,22,25-31,33,35-39,41,43-44H2,1-2H3,(H,49,53)/b21-20-,24-23-,34-32+,42-40+. The van der Waals surface area contributed by atoms with Crippen LogP contribution < -0.4 is 5.32 Å². The monoisotopic (exact) mass is 744 g/mol. The number of amides is 1. The Kier molecular flexibility index (Phi) is 41.7. The Morgan fingerprint density at radius 3 is 1.26 bits per heavy atom. The van der Waals surface area contributed by atoms with Gasteiger partial charge in [-0.3, -0.25) is 4.79 Å². The van der Waals surface area contributed by atoms with Gasteiger partial charge < -0.3 is 20.6 Å². The number of nitrogens with one attached hydrogen (secondary N) is 1. The highest BCUT2D eigenvalue weighted by Crippen LogP contribution is 2.14. The van der Waals surface area contributed by atoms with Crippen LogP contribution in [0.15, 0.2) is 48.6 Å². The summed E-state index contributed by atoms with van der Waals surface area (Å²) in [6.45, 7) is 4.15. The summed E-state index contributed by atoms with van der Waals surface area (Å²) in [4.78, 5) is 12.5. The molecule has 0 radical (unpaired) electrons. The fourth-order valence-corrected chi connectivity index (χ4v) is 6.76. The van der Waals surface area contributed by atoms with Crippen molar-refractivity contribution in [3.05, 3.63) is 48.6 Å². The first-order chi connectivity index (χ1) is 26.1. The van der Waals surface area contributed by atoms with Crippen LogP contribution in [0.3, 0.4) is 0 Å². The fraction of sp³-hybridized carbons (Fsp3) is 0.812. The van der Waals surface area contributed by atoms with Gasteiger partial charge in [0.1, 0.15) is 6.10 Å². The van der Waals surface area contributed by atoms with E-state index in [1.54, 1.807) is 6.08 Å². The lowest BCUT2D eigenvalue weighted by Crippen LogP contribution is -2.48. The smallest absolute Gasteiger partial charge is 0.249 e. The molecular formula is C48H89NO4. The van der Waals surface area contributed by atoms with E-state index < -0.39 is 24.2 Å². The van der Waals surface area contributed by atoms with Gasteiger partial charge in [0.05, 0.1) is 18.8 Å². The number of aliphatic hydroxyl groups is 3. The quantitative estimate of drug-likeness (QED) is 0.0371. The van der Waals surface area contributed by atoms with Gasteiger partial charge in [0.15, 0.2) is 0 Å². The maximum atomic E-state index is 12.5. The van der Waals surface area contributed by atoms with Crippen LogP contribution in [0.2, 0.25) is 0 Å². The molecule has 310 valence electrons. The van der Waals surface area contributed by atoms with Gasteiger partial charge in [0, 0.05) is 0 Å². The molecule has 5 nitrogen and oxygen atoms in total. The number of allylic oxidation sites excluding steroid dienone is 7. The summed E-state index contributed by atoms with van der Waals surface area (Å²) >= 11 is 0. The van der Waals surface area contributed by atoms with Crippen molar-refractivity contribution in [1.29, 1.82) is 0 Å². The molecule has 0 saturated heterocycles. The van der Waals surface area contributed by atoms with Crippen molar-refractivity contribution in [3.63, 3.8) is 0 Å². The van der Waals surface area contributed by atoms with E-state index in [-0.39, 0.29) is 6.61 Å². The van der Waals surface area contributed by atoms with Gasteiger partial charge in [-0.15, -0.1) is 0 Å². The minimum atomic E-state index is -1.11. The van der Waals surface area contributed by atoms with E-state index >= 15 is 0 Å². The van der Waals surface area contributed by atoms with Crippen LogP contribution in [0.5, 0.6) is 0 Å². The van der Waals surface area contributed by atoms with Gasteiger partial charge >= 0.3 is 0 Å². The number of carbonyl (C=O) groups is 1. The molecule has 0 bridgehead atoms. The molecular weight excluding hydrogens is 655 g/mol. The summed E-state index contributed by atoms with van der Waals surface area (Å²) in [6.07, 6.45) is 55.8. The van der Waals surface area contributed by atoms with Gasteiger partial charge in [-0.25, -0.2) is 0 Å². The largest absolute Gasteiger partial charge is 0.394 e. The molecule has 0 aliphatic carbocycles. The molecule has 53 heavy (non-hydrogen) atoms. The predicted octanol–water partition coefficient (Wildman–Crippen LogP) is 13.3. The van der Waals surface area contributed by atoms with E-state index in [1.807, 2.05) is 6.08 Å². The predicted molar refractivity (Wildman–Crippen MR) is 231 cm³/mol. The van der Waals surface area contributed by atoms with Gasteiger partial charge in [-0.2, -0.15) is 0 Å². The van der Waals surface area contributed by atoms with Gasteiger partial charge in [-0.1, -0.05) is 210 Å². The van der Waals surface area contributed by atoms with Crippen LogP contribution in [0.4, 0.5) is 0 Å². The summed E-state index contributed by atoms with van der Waals surface area (Å²) in [5, 5.41) is 33.1. The molecule has 0 aliphatic heterocycles. The third-order valence-corrected chi connectivity index (χ3v) is 10.4. The average molecular weight is 744 g/mol. The summed E-state index contributed by atoms with van der Waals surface area (Å²) in [5.74, 6) is -0.517. The number of rotatable bonds is 41. The second-order valence-corrected chi connectivity index (χ2v) is 15.6. The first-order valence-corrected chi connectivity index (χ1v) is 23.0. The number of hydrogen-bond donors (Lipinski definition) is 4. The number of hydrogen-bond acceptors (Lipinski definition) is 4. The fourth-order valence-electron chi connectivity index (χ4n) is 6.76. The van der Waals surface area contributed by atoms with Gasteiger partial charge in [-0.05, 0) is 64.2 Å². The topological polar surface area (TPSA) is 89.8 Å². The Balaban J connectivity index is 3.66. The molecule has 0 aromatic rings. The van der Waals surface area contributed by atoms with Gasteiger partial charge in [0.25, 0.3) is 0 Å². The lowest BCUT2D eigenvalue weighted by Gasteiger charge is -2.21. The maximum Gasteiger partial charge on any atom is 0.249 e. The van der Waals surface area contributed by atoms with Crippen LogP contribution in [-0.2, 0) is 4.79 Å². The van der Waals surface area contributed by atoms with E-state index in [4.69, 9.17) is 0 Å². The lowest BCUT2D eigenvalue weighted by molar-refractivity contribution is -0.131. The molecule has 3 atom stereocenters. The molecule has 0 aromatic carbocycles. The highest BCUT2D eigenvalue weighted by atomic mass is 16.3. The SMILES string of the molecule is CCCCCCCCC/C=C/CC/C=C/C(O)C(CO)NC(=O)C(O)CCCCCCCCCCCC/C=C\C/C=C\CCCCCCCCCCC. The van der Waals surface area contributed by atoms with Crippen LogP contribution >= 0.6 is 0 Å². The number of aliphatic hydroxyl groups excluding tert-OH is 3. The first kappa shape index (κ1) is 51.3. The molecule has 1 amide bonds. The lowest BCUT2D eigenvalue weighted by atomic mass is 10.0. The van der Waals surface area contributed by atoms with Crippen molar-refractivity contribution in [2.75, 3.05) is 6.61 Å². The second kappa shape index (κ2) is 43.0.